The van der Waals surface area contributed by atoms with Crippen LogP contribution in [0, 0.1) is 5.92 Å². The van der Waals surface area contributed by atoms with Crippen molar-refractivity contribution < 1.29 is 0 Å². The van der Waals surface area contributed by atoms with Gasteiger partial charge in [-0.15, -0.1) is 0 Å². The molecule has 62 valence electrons. The van der Waals surface area contributed by atoms with E-state index in [1.807, 2.05) is 0 Å². The lowest BCUT2D eigenvalue weighted by Crippen LogP contribution is -2.13. The monoisotopic (exact) mass is 151 g/mol. The van der Waals surface area contributed by atoms with Crippen molar-refractivity contribution in [3.05, 3.63) is 24.3 Å². The van der Waals surface area contributed by atoms with E-state index in [0.29, 0.717) is 0 Å². The minimum Gasteiger partial charge on any atom is -0.309 e. The van der Waals surface area contributed by atoms with E-state index in [4.69, 9.17) is 0 Å². The highest BCUT2D eigenvalue weighted by Gasteiger charge is 2.02. The molecular formula is C10H17N. The molecular weight excluding hydrogens is 134 g/mol. The van der Waals surface area contributed by atoms with Crippen LogP contribution in [-0.2, 0) is 0 Å². The van der Waals surface area contributed by atoms with Crippen molar-refractivity contribution in [2.45, 2.75) is 12.8 Å². The largest absolute Gasteiger partial charge is 0.309 e. The van der Waals surface area contributed by atoms with Crippen LogP contribution in [0.2, 0.25) is 0 Å². The van der Waals surface area contributed by atoms with Gasteiger partial charge in [0.2, 0.25) is 0 Å². The van der Waals surface area contributed by atoms with Crippen molar-refractivity contribution in [3.8, 4) is 0 Å². The second-order valence-corrected chi connectivity index (χ2v) is 3.38. The molecule has 0 unspecified atom stereocenters. The summed E-state index contributed by atoms with van der Waals surface area (Å²) < 4.78 is 0. The van der Waals surface area contributed by atoms with Gasteiger partial charge in [0.05, 0.1) is 0 Å². The van der Waals surface area contributed by atoms with Crippen molar-refractivity contribution in [2.24, 2.45) is 5.92 Å². The molecule has 0 fully saturated rings. The lowest BCUT2D eigenvalue weighted by molar-refractivity contribution is 0.388. The molecule has 0 aromatic rings. The van der Waals surface area contributed by atoms with Crippen LogP contribution < -0.4 is 0 Å². The summed E-state index contributed by atoms with van der Waals surface area (Å²) in [4.78, 5) is 2.24. The van der Waals surface area contributed by atoms with Gasteiger partial charge in [-0.3, -0.25) is 0 Å². The second kappa shape index (κ2) is 4.35. The third kappa shape index (κ3) is 3.38. The molecule has 1 aliphatic rings. The quantitative estimate of drug-likeness (QED) is 0.594. The Balaban J connectivity index is 2.03. The molecule has 1 aliphatic carbocycles. The van der Waals surface area contributed by atoms with Crippen LogP contribution in [0.1, 0.15) is 12.8 Å². The summed E-state index contributed by atoms with van der Waals surface area (Å²) >= 11 is 0. The zero-order chi connectivity index (χ0) is 8.10. The van der Waals surface area contributed by atoms with Gasteiger partial charge in [0.25, 0.3) is 0 Å². The second-order valence-electron chi connectivity index (χ2n) is 3.38. The SMILES string of the molecule is CN(C)CCCC1C=CC=C1. The van der Waals surface area contributed by atoms with Crippen molar-refractivity contribution in [1.29, 1.82) is 0 Å². The third-order valence-electron chi connectivity index (χ3n) is 1.97. The Bertz CT molecular complexity index is 144. The number of allylic oxidation sites excluding steroid dienone is 4. The molecule has 11 heavy (non-hydrogen) atoms. The van der Waals surface area contributed by atoms with E-state index in [9.17, 15) is 0 Å². The molecule has 0 aromatic heterocycles. The van der Waals surface area contributed by atoms with Crippen LogP contribution in [-0.4, -0.2) is 25.5 Å². The predicted molar refractivity (Wildman–Crippen MR) is 49.6 cm³/mol. The number of nitrogens with zero attached hydrogens (tertiary/aromatic N) is 1. The fourth-order valence-electron chi connectivity index (χ4n) is 1.31. The maximum atomic E-state index is 2.27. The first-order chi connectivity index (χ1) is 5.29. The van der Waals surface area contributed by atoms with Gasteiger partial charge >= 0.3 is 0 Å². The minimum absolute atomic E-state index is 0.718. The van der Waals surface area contributed by atoms with E-state index in [-0.39, 0.29) is 0 Å². The summed E-state index contributed by atoms with van der Waals surface area (Å²) in [6, 6.07) is 0. The zero-order valence-corrected chi connectivity index (χ0v) is 7.46. The van der Waals surface area contributed by atoms with E-state index >= 15 is 0 Å². The van der Waals surface area contributed by atoms with Crippen molar-refractivity contribution in [1.82, 2.24) is 4.90 Å². The van der Waals surface area contributed by atoms with E-state index in [1.165, 1.54) is 19.4 Å². The highest BCUT2D eigenvalue weighted by molar-refractivity contribution is 5.17. The van der Waals surface area contributed by atoms with Crippen LogP contribution in [0.25, 0.3) is 0 Å². The standard InChI is InChI=1S/C10H17N/c1-11(2)9-5-8-10-6-3-4-7-10/h3-4,6-7,10H,5,8-9H2,1-2H3. The number of hydrogen-bond acceptors (Lipinski definition) is 1. The third-order valence-corrected chi connectivity index (χ3v) is 1.97. The first kappa shape index (κ1) is 8.54. The van der Waals surface area contributed by atoms with Gasteiger partial charge in [-0.05, 0) is 39.4 Å². The van der Waals surface area contributed by atoms with E-state index < -0.39 is 0 Å². The molecule has 0 saturated heterocycles. The van der Waals surface area contributed by atoms with E-state index in [0.717, 1.165) is 5.92 Å². The normalized spacial score (nSPS) is 17.0. The first-order valence-corrected chi connectivity index (χ1v) is 4.29. The maximum Gasteiger partial charge on any atom is -0.00245 e. The Morgan fingerprint density at radius 1 is 1.18 bits per heavy atom. The Morgan fingerprint density at radius 3 is 2.36 bits per heavy atom. The minimum atomic E-state index is 0.718. The summed E-state index contributed by atoms with van der Waals surface area (Å²) in [7, 11) is 4.25. The first-order valence-electron chi connectivity index (χ1n) is 4.29. The lowest BCUT2D eigenvalue weighted by Gasteiger charge is -2.10. The Morgan fingerprint density at radius 2 is 1.82 bits per heavy atom. The fraction of sp³-hybridized carbons (Fsp3) is 0.600. The molecule has 1 rings (SSSR count). The van der Waals surface area contributed by atoms with Gasteiger partial charge < -0.3 is 4.90 Å². The zero-order valence-electron chi connectivity index (χ0n) is 7.46. The molecule has 0 spiro atoms. The Kier molecular flexibility index (Phi) is 3.37. The molecule has 0 aromatic carbocycles. The molecule has 1 nitrogen and oxygen atoms in total. The van der Waals surface area contributed by atoms with Crippen LogP contribution in [0.15, 0.2) is 24.3 Å². The Hall–Kier alpha value is -0.560. The highest BCUT2D eigenvalue weighted by Crippen LogP contribution is 2.14. The lowest BCUT2D eigenvalue weighted by atomic mass is 10.1. The van der Waals surface area contributed by atoms with Gasteiger partial charge in [-0.1, -0.05) is 24.3 Å². The van der Waals surface area contributed by atoms with E-state index in [1.54, 1.807) is 0 Å². The summed E-state index contributed by atoms with van der Waals surface area (Å²) in [5.74, 6) is 0.718. The van der Waals surface area contributed by atoms with Gasteiger partial charge in [0.1, 0.15) is 0 Å². The molecule has 0 N–H and O–H groups in total. The average molecular weight is 151 g/mol. The summed E-state index contributed by atoms with van der Waals surface area (Å²) in [6.07, 6.45) is 11.4. The van der Waals surface area contributed by atoms with Crippen LogP contribution in [0.5, 0.6) is 0 Å². The average Bonchev–Trinajstić information content (AvgIpc) is 2.39. The van der Waals surface area contributed by atoms with Gasteiger partial charge in [0.15, 0.2) is 0 Å². The highest BCUT2D eigenvalue weighted by atomic mass is 15.0. The van der Waals surface area contributed by atoms with Gasteiger partial charge in [0, 0.05) is 0 Å². The van der Waals surface area contributed by atoms with Crippen molar-refractivity contribution in [3.63, 3.8) is 0 Å². The smallest absolute Gasteiger partial charge is 0.00245 e. The molecule has 0 heterocycles. The molecule has 0 bridgehead atoms. The van der Waals surface area contributed by atoms with Crippen LogP contribution in [0.4, 0.5) is 0 Å². The molecule has 0 aliphatic heterocycles. The summed E-state index contributed by atoms with van der Waals surface area (Å²) in [5.41, 5.74) is 0. The van der Waals surface area contributed by atoms with E-state index in [2.05, 4.69) is 43.3 Å². The number of rotatable bonds is 4. The maximum absolute atomic E-state index is 2.27. The fourth-order valence-corrected chi connectivity index (χ4v) is 1.31. The summed E-state index contributed by atoms with van der Waals surface area (Å²) in [6.45, 7) is 1.21. The van der Waals surface area contributed by atoms with Gasteiger partial charge in [-0.2, -0.15) is 0 Å². The Labute approximate surface area is 69.4 Å². The molecule has 0 saturated carbocycles. The van der Waals surface area contributed by atoms with Crippen LogP contribution >= 0.6 is 0 Å². The molecule has 0 atom stereocenters. The molecule has 0 radical (unpaired) electrons. The molecule has 0 amide bonds. The molecule has 1 heteroatoms. The summed E-state index contributed by atoms with van der Waals surface area (Å²) in [5, 5.41) is 0. The predicted octanol–water partition coefficient (Wildman–Crippen LogP) is 2.07. The topological polar surface area (TPSA) is 3.24 Å². The van der Waals surface area contributed by atoms with Gasteiger partial charge in [-0.25, -0.2) is 0 Å². The van der Waals surface area contributed by atoms with Crippen LogP contribution in [0.3, 0.4) is 0 Å². The van der Waals surface area contributed by atoms with Crippen molar-refractivity contribution >= 4 is 0 Å². The number of hydrogen-bond donors (Lipinski definition) is 0. The van der Waals surface area contributed by atoms with Crippen molar-refractivity contribution in [2.75, 3.05) is 20.6 Å².